The number of amides is 3. The van der Waals surface area contributed by atoms with E-state index in [1.54, 1.807) is 0 Å². The van der Waals surface area contributed by atoms with Gasteiger partial charge in [-0.05, 0) is 24.2 Å². The highest BCUT2D eigenvalue weighted by Gasteiger charge is 2.42. The SMILES string of the molecule is CC(=O)NCCNC(=O)CNC(=O)C1CCC1C(C)(C)C. The van der Waals surface area contributed by atoms with Crippen LogP contribution in [0, 0.1) is 17.3 Å². The Hall–Kier alpha value is -1.59. The lowest BCUT2D eigenvalue weighted by Crippen LogP contribution is -2.48. The number of nitrogens with one attached hydrogen (secondary N) is 3. The molecule has 0 heterocycles. The maximum Gasteiger partial charge on any atom is 0.239 e. The van der Waals surface area contributed by atoms with Crippen molar-refractivity contribution in [1.82, 2.24) is 16.0 Å². The van der Waals surface area contributed by atoms with Gasteiger partial charge in [-0.25, -0.2) is 0 Å². The van der Waals surface area contributed by atoms with Crippen molar-refractivity contribution in [2.24, 2.45) is 17.3 Å². The lowest BCUT2D eigenvalue weighted by Gasteiger charge is -2.44. The van der Waals surface area contributed by atoms with Crippen molar-refractivity contribution in [2.75, 3.05) is 19.6 Å². The smallest absolute Gasteiger partial charge is 0.239 e. The maximum atomic E-state index is 12.1. The maximum absolute atomic E-state index is 12.1. The molecular formula is C15H27N3O3. The van der Waals surface area contributed by atoms with Gasteiger partial charge < -0.3 is 16.0 Å². The summed E-state index contributed by atoms with van der Waals surface area (Å²) in [6, 6.07) is 0. The van der Waals surface area contributed by atoms with Gasteiger partial charge in [-0.15, -0.1) is 0 Å². The quantitative estimate of drug-likeness (QED) is 0.621. The van der Waals surface area contributed by atoms with Gasteiger partial charge in [-0.2, -0.15) is 0 Å². The zero-order chi connectivity index (χ0) is 16.0. The van der Waals surface area contributed by atoms with Crippen molar-refractivity contribution in [3.63, 3.8) is 0 Å². The summed E-state index contributed by atoms with van der Waals surface area (Å²) >= 11 is 0. The minimum atomic E-state index is -0.236. The van der Waals surface area contributed by atoms with Gasteiger partial charge in [-0.3, -0.25) is 14.4 Å². The van der Waals surface area contributed by atoms with Gasteiger partial charge in [0.25, 0.3) is 0 Å². The predicted octanol–water partition coefficient (Wildman–Crippen LogP) is 0.427. The molecule has 6 heteroatoms. The van der Waals surface area contributed by atoms with E-state index in [0.717, 1.165) is 12.8 Å². The van der Waals surface area contributed by atoms with Crippen LogP contribution in [0.5, 0.6) is 0 Å². The van der Waals surface area contributed by atoms with Crippen molar-refractivity contribution < 1.29 is 14.4 Å². The monoisotopic (exact) mass is 297 g/mol. The molecule has 0 bridgehead atoms. The van der Waals surface area contributed by atoms with Crippen molar-refractivity contribution in [3.8, 4) is 0 Å². The van der Waals surface area contributed by atoms with Crippen LogP contribution in [0.1, 0.15) is 40.5 Å². The molecule has 1 aliphatic carbocycles. The number of hydrogen-bond acceptors (Lipinski definition) is 3. The molecule has 1 rings (SSSR count). The summed E-state index contributed by atoms with van der Waals surface area (Å²) in [5.41, 5.74) is 0.126. The first-order valence-electron chi connectivity index (χ1n) is 7.50. The van der Waals surface area contributed by atoms with Crippen molar-refractivity contribution in [1.29, 1.82) is 0 Å². The first kappa shape index (κ1) is 17.5. The number of carbonyl (C=O) groups excluding carboxylic acids is 3. The van der Waals surface area contributed by atoms with E-state index >= 15 is 0 Å². The molecule has 1 saturated carbocycles. The minimum Gasteiger partial charge on any atom is -0.355 e. The lowest BCUT2D eigenvalue weighted by atomic mass is 9.61. The van der Waals surface area contributed by atoms with Gasteiger partial charge in [0.15, 0.2) is 0 Å². The van der Waals surface area contributed by atoms with E-state index in [9.17, 15) is 14.4 Å². The Balaban J connectivity index is 2.21. The molecule has 0 aromatic carbocycles. The Kier molecular flexibility index (Phi) is 6.18. The van der Waals surface area contributed by atoms with E-state index in [2.05, 4.69) is 36.7 Å². The third kappa shape index (κ3) is 5.73. The molecular weight excluding hydrogens is 270 g/mol. The van der Waals surface area contributed by atoms with Gasteiger partial charge in [0.2, 0.25) is 17.7 Å². The fourth-order valence-corrected chi connectivity index (χ4v) is 2.65. The van der Waals surface area contributed by atoms with Crippen molar-refractivity contribution in [3.05, 3.63) is 0 Å². The first-order valence-corrected chi connectivity index (χ1v) is 7.50. The minimum absolute atomic E-state index is 0.00767. The molecule has 0 saturated heterocycles. The topological polar surface area (TPSA) is 87.3 Å². The van der Waals surface area contributed by atoms with Crippen LogP contribution >= 0.6 is 0 Å². The molecule has 2 atom stereocenters. The largest absolute Gasteiger partial charge is 0.355 e. The highest BCUT2D eigenvalue weighted by Crippen LogP contribution is 2.45. The summed E-state index contributed by atoms with van der Waals surface area (Å²) in [6.45, 7) is 8.61. The summed E-state index contributed by atoms with van der Waals surface area (Å²) in [6.07, 6.45) is 1.97. The molecule has 0 aliphatic heterocycles. The highest BCUT2D eigenvalue weighted by atomic mass is 16.2. The fraction of sp³-hybridized carbons (Fsp3) is 0.800. The second kappa shape index (κ2) is 7.43. The Morgan fingerprint density at radius 2 is 1.62 bits per heavy atom. The van der Waals surface area contributed by atoms with Crippen molar-refractivity contribution >= 4 is 17.7 Å². The number of carbonyl (C=O) groups is 3. The van der Waals surface area contributed by atoms with Crippen LogP contribution in [0.2, 0.25) is 0 Å². The van der Waals surface area contributed by atoms with Crippen LogP contribution in [0.4, 0.5) is 0 Å². The molecule has 2 unspecified atom stereocenters. The number of hydrogen-bond donors (Lipinski definition) is 3. The first-order chi connectivity index (χ1) is 9.71. The fourth-order valence-electron chi connectivity index (χ4n) is 2.65. The zero-order valence-electron chi connectivity index (χ0n) is 13.4. The molecule has 0 aromatic rings. The number of rotatable bonds is 6. The Labute approximate surface area is 126 Å². The van der Waals surface area contributed by atoms with E-state index in [4.69, 9.17) is 0 Å². The van der Waals surface area contributed by atoms with Crippen LogP contribution in [-0.2, 0) is 14.4 Å². The average Bonchev–Trinajstić information content (AvgIpc) is 2.28. The average molecular weight is 297 g/mol. The molecule has 3 amide bonds. The predicted molar refractivity (Wildman–Crippen MR) is 80.4 cm³/mol. The Bertz CT molecular complexity index is 401. The summed E-state index contributed by atoms with van der Waals surface area (Å²) < 4.78 is 0. The Morgan fingerprint density at radius 1 is 1.00 bits per heavy atom. The van der Waals surface area contributed by atoms with Gasteiger partial charge in [0.05, 0.1) is 6.54 Å². The summed E-state index contributed by atoms with van der Waals surface area (Å²) in [7, 11) is 0. The molecule has 6 nitrogen and oxygen atoms in total. The molecule has 21 heavy (non-hydrogen) atoms. The Morgan fingerprint density at radius 3 is 2.10 bits per heavy atom. The molecule has 0 radical (unpaired) electrons. The van der Waals surface area contributed by atoms with Crippen LogP contribution in [-0.4, -0.2) is 37.4 Å². The molecule has 0 spiro atoms. The van der Waals surface area contributed by atoms with Gasteiger partial charge in [0, 0.05) is 25.9 Å². The third-order valence-electron chi connectivity index (χ3n) is 3.97. The summed E-state index contributed by atoms with van der Waals surface area (Å²) in [4.78, 5) is 34.3. The molecule has 1 fully saturated rings. The second-order valence-corrected chi connectivity index (χ2v) is 6.71. The van der Waals surface area contributed by atoms with E-state index in [1.807, 2.05) is 0 Å². The van der Waals surface area contributed by atoms with E-state index in [0.29, 0.717) is 19.0 Å². The zero-order valence-corrected chi connectivity index (χ0v) is 13.4. The highest BCUT2D eigenvalue weighted by molar-refractivity contribution is 5.86. The van der Waals surface area contributed by atoms with Crippen LogP contribution in [0.3, 0.4) is 0 Å². The normalized spacial score (nSPS) is 21.1. The van der Waals surface area contributed by atoms with Gasteiger partial charge >= 0.3 is 0 Å². The van der Waals surface area contributed by atoms with Gasteiger partial charge in [0.1, 0.15) is 0 Å². The summed E-state index contributed by atoms with van der Waals surface area (Å²) in [5, 5.41) is 7.92. The van der Waals surface area contributed by atoms with Gasteiger partial charge in [-0.1, -0.05) is 20.8 Å². The van der Waals surface area contributed by atoms with Crippen LogP contribution in [0.15, 0.2) is 0 Å². The second-order valence-electron chi connectivity index (χ2n) is 6.71. The van der Waals surface area contributed by atoms with E-state index in [-0.39, 0.29) is 35.6 Å². The van der Waals surface area contributed by atoms with Crippen LogP contribution in [0.25, 0.3) is 0 Å². The third-order valence-corrected chi connectivity index (χ3v) is 3.97. The molecule has 3 N–H and O–H groups in total. The van der Waals surface area contributed by atoms with Crippen LogP contribution < -0.4 is 16.0 Å². The molecule has 1 aliphatic rings. The van der Waals surface area contributed by atoms with E-state index < -0.39 is 0 Å². The molecule has 0 aromatic heterocycles. The standard InChI is InChI=1S/C15H27N3O3/c1-10(19)16-7-8-17-13(20)9-18-14(21)11-5-6-12(11)15(2,3)4/h11-12H,5-9H2,1-4H3,(H,16,19)(H,17,20)(H,18,21). The van der Waals surface area contributed by atoms with Crippen molar-refractivity contribution in [2.45, 2.75) is 40.5 Å². The molecule has 120 valence electrons. The lowest BCUT2D eigenvalue weighted by molar-refractivity contribution is -0.135. The van der Waals surface area contributed by atoms with E-state index in [1.165, 1.54) is 6.92 Å². The summed E-state index contributed by atoms with van der Waals surface area (Å²) in [5.74, 6) is 0.0202.